The van der Waals surface area contributed by atoms with Crippen molar-refractivity contribution in [1.29, 1.82) is 0 Å². The number of sulfonamides is 1. The summed E-state index contributed by atoms with van der Waals surface area (Å²) in [6.07, 6.45) is 5.15. The Morgan fingerprint density at radius 2 is 2.00 bits per heavy atom. The average molecular weight is 328 g/mol. The van der Waals surface area contributed by atoms with Crippen molar-refractivity contribution >= 4 is 21.0 Å². The van der Waals surface area contributed by atoms with Crippen LogP contribution in [0.3, 0.4) is 0 Å². The predicted molar refractivity (Wildman–Crippen MR) is 86.2 cm³/mol. The van der Waals surface area contributed by atoms with E-state index in [1.165, 1.54) is 4.31 Å². The van der Waals surface area contributed by atoms with Gasteiger partial charge in [-0.2, -0.15) is 4.31 Å². The van der Waals surface area contributed by atoms with Crippen molar-refractivity contribution in [3.63, 3.8) is 0 Å². The first-order chi connectivity index (χ1) is 11.1. The van der Waals surface area contributed by atoms with E-state index in [-0.39, 0.29) is 11.1 Å². The molecule has 1 aromatic carbocycles. The lowest BCUT2D eigenvalue weighted by atomic mass is 10.3. The molecule has 0 amide bonds. The van der Waals surface area contributed by atoms with Crippen LogP contribution in [0.2, 0.25) is 0 Å². The van der Waals surface area contributed by atoms with Gasteiger partial charge in [-0.15, -0.1) is 0 Å². The Morgan fingerprint density at radius 3 is 2.70 bits per heavy atom. The number of furan rings is 1. The Hall–Kier alpha value is -2.18. The first-order valence-corrected chi connectivity index (χ1v) is 8.98. The molecule has 0 unspecified atom stereocenters. The standard InChI is InChI=1S/C17H16N2O3S/c20-23(21,17-10-14-5-1-2-6-16(14)22-17)19(15-7-8-15)12-13-4-3-9-18-11-13/h1-6,9-11,15H,7-8,12H2. The summed E-state index contributed by atoms with van der Waals surface area (Å²) in [6.45, 7) is 0.317. The number of nitrogens with zero attached hydrogens (tertiary/aromatic N) is 2. The fourth-order valence-corrected chi connectivity index (χ4v) is 4.27. The maximum Gasteiger partial charge on any atom is 0.277 e. The maximum atomic E-state index is 13.0. The second-order valence-corrected chi connectivity index (χ2v) is 7.57. The molecule has 0 bridgehead atoms. The van der Waals surface area contributed by atoms with Crippen molar-refractivity contribution in [1.82, 2.24) is 9.29 Å². The van der Waals surface area contributed by atoms with Crippen LogP contribution in [0.15, 0.2) is 64.4 Å². The van der Waals surface area contributed by atoms with E-state index in [4.69, 9.17) is 4.42 Å². The molecule has 2 heterocycles. The maximum absolute atomic E-state index is 13.0. The number of aromatic nitrogens is 1. The molecule has 118 valence electrons. The molecule has 5 nitrogen and oxygen atoms in total. The van der Waals surface area contributed by atoms with E-state index in [0.29, 0.717) is 12.1 Å². The molecule has 2 aromatic heterocycles. The van der Waals surface area contributed by atoms with Crippen molar-refractivity contribution in [3.05, 3.63) is 60.4 Å². The van der Waals surface area contributed by atoms with Gasteiger partial charge >= 0.3 is 0 Å². The predicted octanol–water partition coefficient (Wildman–Crippen LogP) is 3.18. The lowest BCUT2D eigenvalue weighted by Gasteiger charge is -2.20. The van der Waals surface area contributed by atoms with Gasteiger partial charge in [0.1, 0.15) is 5.58 Å². The zero-order valence-corrected chi connectivity index (χ0v) is 13.2. The lowest BCUT2D eigenvalue weighted by molar-refractivity contribution is 0.375. The highest BCUT2D eigenvalue weighted by Crippen LogP contribution is 2.35. The molecular formula is C17H16N2O3S. The minimum Gasteiger partial charge on any atom is -0.443 e. The van der Waals surface area contributed by atoms with Crippen LogP contribution < -0.4 is 0 Å². The molecule has 23 heavy (non-hydrogen) atoms. The molecule has 0 aliphatic heterocycles. The van der Waals surface area contributed by atoms with Crippen molar-refractivity contribution in [3.8, 4) is 0 Å². The molecule has 0 spiro atoms. The first kappa shape index (κ1) is 14.4. The van der Waals surface area contributed by atoms with Gasteiger partial charge in [0.25, 0.3) is 10.0 Å². The molecule has 0 atom stereocenters. The highest BCUT2D eigenvalue weighted by Gasteiger charge is 2.39. The molecule has 1 fully saturated rings. The van der Waals surface area contributed by atoms with Gasteiger partial charge in [0.15, 0.2) is 0 Å². The third-order valence-corrected chi connectivity index (χ3v) is 5.74. The number of pyridine rings is 1. The van der Waals surface area contributed by atoms with Crippen LogP contribution in [0.5, 0.6) is 0 Å². The van der Waals surface area contributed by atoms with Gasteiger partial charge in [-0.25, -0.2) is 8.42 Å². The van der Waals surface area contributed by atoms with Crippen LogP contribution in [0.25, 0.3) is 11.0 Å². The minimum absolute atomic E-state index is 0.00879. The van der Waals surface area contributed by atoms with Gasteiger partial charge in [-0.05, 0) is 30.5 Å². The van der Waals surface area contributed by atoms with Gasteiger partial charge in [0.05, 0.1) is 0 Å². The summed E-state index contributed by atoms with van der Waals surface area (Å²) >= 11 is 0. The van der Waals surface area contributed by atoms with E-state index in [1.54, 1.807) is 24.5 Å². The minimum atomic E-state index is -3.66. The van der Waals surface area contributed by atoms with Gasteiger partial charge < -0.3 is 4.42 Å². The van der Waals surface area contributed by atoms with Gasteiger partial charge in [-0.1, -0.05) is 24.3 Å². The van der Waals surface area contributed by atoms with Crippen LogP contribution in [-0.2, 0) is 16.6 Å². The van der Waals surface area contributed by atoms with E-state index in [2.05, 4.69) is 4.98 Å². The molecule has 3 aromatic rings. The molecule has 6 heteroatoms. The number of hydrogen-bond donors (Lipinski definition) is 0. The smallest absolute Gasteiger partial charge is 0.277 e. The molecule has 0 radical (unpaired) electrons. The van der Waals surface area contributed by atoms with Crippen molar-refractivity contribution < 1.29 is 12.8 Å². The number of fused-ring (bicyclic) bond motifs is 1. The number of para-hydroxylation sites is 1. The van der Waals surface area contributed by atoms with Crippen molar-refractivity contribution in [2.75, 3.05) is 0 Å². The number of rotatable bonds is 5. The molecule has 4 rings (SSSR count). The monoisotopic (exact) mass is 328 g/mol. The highest BCUT2D eigenvalue weighted by atomic mass is 32.2. The van der Waals surface area contributed by atoms with Crippen LogP contribution in [0, 0.1) is 0 Å². The van der Waals surface area contributed by atoms with E-state index in [1.807, 2.05) is 30.3 Å². The number of hydrogen-bond acceptors (Lipinski definition) is 4. The normalized spacial score (nSPS) is 15.3. The van der Waals surface area contributed by atoms with Crippen LogP contribution >= 0.6 is 0 Å². The first-order valence-electron chi connectivity index (χ1n) is 7.54. The average Bonchev–Trinajstić information content (AvgIpc) is 3.30. The molecule has 0 saturated heterocycles. The van der Waals surface area contributed by atoms with Crippen molar-refractivity contribution in [2.45, 2.75) is 30.5 Å². The zero-order chi connectivity index (χ0) is 15.9. The van der Waals surface area contributed by atoms with Gasteiger partial charge in [0, 0.05) is 36.4 Å². The SMILES string of the molecule is O=S(=O)(c1cc2ccccc2o1)N(Cc1cccnc1)C1CC1. The third kappa shape index (κ3) is 2.75. The molecule has 1 aliphatic carbocycles. The van der Waals surface area contributed by atoms with E-state index in [9.17, 15) is 8.42 Å². The Bertz CT molecular complexity index is 898. The molecular weight excluding hydrogens is 312 g/mol. The van der Waals surface area contributed by atoms with Crippen LogP contribution in [-0.4, -0.2) is 23.7 Å². The second-order valence-electron chi connectivity index (χ2n) is 5.75. The third-order valence-electron chi connectivity index (χ3n) is 3.98. The Kier molecular flexibility index (Phi) is 3.43. The largest absolute Gasteiger partial charge is 0.443 e. The highest BCUT2D eigenvalue weighted by molar-refractivity contribution is 7.89. The van der Waals surface area contributed by atoms with Gasteiger partial charge in [-0.3, -0.25) is 4.98 Å². The summed E-state index contributed by atoms with van der Waals surface area (Å²) in [6, 6.07) is 12.7. The summed E-state index contributed by atoms with van der Waals surface area (Å²) < 4.78 is 33.1. The topological polar surface area (TPSA) is 63.4 Å². The lowest BCUT2D eigenvalue weighted by Crippen LogP contribution is -2.32. The van der Waals surface area contributed by atoms with E-state index < -0.39 is 10.0 Å². The molecule has 1 saturated carbocycles. The van der Waals surface area contributed by atoms with Crippen molar-refractivity contribution in [2.24, 2.45) is 0 Å². The summed E-state index contributed by atoms with van der Waals surface area (Å²) in [5, 5.41) is 0.803. The molecule has 0 N–H and O–H groups in total. The van der Waals surface area contributed by atoms with Crippen LogP contribution in [0.1, 0.15) is 18.4 Å². The zero-order valence-electron chi connectivity index (χ0n) is 12.4. The Labute approximate surface area is 134 Å². The summed E-state index contributed by atoms with van der Waals surface area (Å²) in [5.41, 5.74) is 1.46. The van der Waals surface area contributed by atoms with Gasteiger partial charge in [0.2, 0.25) is 5.09 Å². The van der Waals surface area contributed by atoms with Crippen LogP contribution in [0.4, 0.5) is 0 Å². The molecule has 1 aliphatic rings. The second kappa shape index (κ2) is 5.47. The summed E-state index contributed by atoms with van der Waals surface area (Å²) in [5.74, 6) is 0. The Morgan fingerprint density at radius 1 is 1.17 bits per heavy atom. The number of benzene rings is 1. The summed E-state index contributed by atoms with van der Waals surface area (Å²) in [7, 11) is -3.66. The fraction of sp³-hybridized carbons (Fsp3) is 0.235. The van der Waals surface area contributed by atoms with E-state index in [0.717, 1.165) is 23.8 Å². The quantitative estimate of drug-likeness (QED) is 0.721. The fourth-order valence-electron chi connectivity index (χ4n) is 2.64. The van der Waals surface area contributed by atoms with E-state index >= 15 is 0 Å². The summed E-state index contributed by atoms with van der Waals surface area (Å²) in [4.78, 5) is 4.06. The Balaban J connectivity index is 1.72.